The zero-order valence-electron chi connectivity index (χ0n) is 10.6. The number of halogens is 1. The number of carbonyl (C=O) groups excluding carboxylic acids is 1. The molecule has 100 valence electrons. The van der Waals surface area contributed by atoms with Crippen LogP contribution in [0, 0.1) is 5.82 Å². The van der Waals surface area contributed by atoms with Gasteiger partial charge in [0.1, 0.15) is 6.61 Å². The van der Waals surface area contributed by atoms with Gasteiger partial charge in [-0.25, -0.2) is 4.39 Å². The van der Waals surface area contributed by atoms with E-state index >= 15 is 0 Å². The highest BCUT2D eigenvalue weighted by molar-refractivity contribution is 5.82. The van der Waals surface area contributed by atoms with E-state index in [-0.39, 0.29) is 24.6 Å². The summed E-state index contributed by atoms with van der Waals surface area (Å²) in [5.41, 5.74) is 0.605. The van der Waals surface area contributed by atoms with Gasteiger partial charge in [0.05, 0.1) is 20.3 Å². The molecule has 1 rings (SSSR count). The zero-order chi connectivity index (χ0) is 13.4. The molecule has 5 heteroatoms. The predicted octanol–water partition coefficient (Wildman–Crippen LogP) is 1.61. The lowest BCUT2D eigenvalue weighted by molar-refractivity contribution is -0.123. The minimum absolute atomic E-state index is 0.0109. The Hall–Kier alpha value is -1.46. The third-order valence-corrected chi connectivity index (χ3v) is 2.31. The number of hydrogen-bond donors (Lipinski definition) is 0. The maximum atomic E-state index is 13.4. The first-order valence-electron chi connectivity index (χ1n) is 5.58. The van der Waals surface area contributed by atoms with E-state index in [1.807, 2.05) is 0 Å². The minimum Gasteiger partial charge on any atom is -0.494 e. The van der Waals surface area contributed by atoms with Crippen molar-refractivity contribution in [1.29, 1.82) is 0 Å². The Morgan fingerprint density at radius 2 is 2.06 bits per heavy atom. The van der Waals surface area contributed by atoms with Crippen LogP contribution < -0.4 is 4.74 Å². The van der Waals surface area contributed by atoms with Gasteiger partial charge < -0.3 is 14.2 Å². The summed E-state index contributed by atoms with van der Waals surface area (Å²) in [5.74, 6) is -0.402. The van der Waals surface area contributed by atoms with Crippen LogP contribution in [0.1, 0.15) is 5.56 Å². The highest BCUT2D eigenvalue weighted by Crippen LogP contribution is 2.17. The van der Waals surface area contributed by atoms with Crippen LogP contribution in [0.3, 0.4) is 0 Å². The molecular formula is C13H17FO4. The monoisotopic (exact) mass is 256 g/mol. The molecule has 0 heterocycles. The van der Waals surface area contributed by atoms with Crippen LogP contribution in [0.5, 0.6) is 5.75 Å². The second kappa shape index (κ2) is 7.79. The van der Waals surface area contributed by atoms with Crippen LogP contribution in [0.15, 0.2) is 18.2 Å². The van der Waals surface area contributed by atoms with Gasteiger partial charge in [-0.1, -0.05) is 6.07 Å². The van der Waals surface area contributed by atoms with Crippen LogP contribution in [0.25, 0.3) is 0 Å². The molecule has 0 N–H and O–H groups in total. The molecule has 0 saturated heterocycles. The Morgan fingerprint density at radius 3 is 2.67 bits per heavy atom. The fourth-order valence-electron chi connectivity index (χ4n) is 1.43. The smallest absolute Gasteiger partial charge is 0.165 e. The van der Waals surface area contributed by atoms with Crippen LogP contribution >= 0.6 is 0 Å². The molecule has 0 aliphatic rings. The van der Waals surface area contributed by atoms with Gasteiger partial charge in [-0.15, -0.1) is 0 Å². The van der Waals surface area contributed by atoms with E-state index in [9.17, 15) is 9.18 Å². The van der Waals surface area contributed by atoms with E-state index in [1.54, 1.807) is 13.2 Å². The van der Waals surface area contributed by atoms with Gasteiger partial charge >= 0.3 is 0 Å². The molecule has 1 aromatic carbocycles. The van der Waals surface area contributed by atoms with Crippen molar-refractivity contribution >= 4 is 5.78 Å². The Labute approximate surface area is 106 Å². The van der Waals surface area contributed by atoms with Crippen LogP contribution in [-0.4, -0.2) is 39.8 Å². The summed E-state index contributed by atoms with van der Waals surface area (Å²) < 4.78 is 28.0. The number of ether oxygens (including phenoxy) is 3. The first-order chi connectivity index (χ1) is 8.67. The van der Waals surface area contributed by atoms with Gasteiger partial charge in [0, 0.05) is 13.5 Å². The number of ketones is 1. The van der Waals surface area contributed by atoms with Gasteiger partial charge in [0.25, 0.3) is 0 Å². The molecule has 0 saturated carbocycles. The average molecular weight is 256 g/mol. The van der Waals surface area contributed by atoms with Gasteiger partial charge in [0.2, 0.25) is 0 Å². The number of methoxy groups -OCH3 is 2. The molecule has 0 aliphatic carbocycles. The number of carbonyl (C=O) groups is 1. The molecule has 0 bridgehead atoms. The van der Waals surface area contributed by atoms with Gasteiger partial charge in [0.15, 0.2) is 17.3 Å². The Kier molecular flexibility index (Phi) is 6.32. The van der Waals surface area contributed by atoms with Crippen molar-refractivity contribution in [3.05, 3.63) is 29.6 Å². The van der Waals surface area contributed by atoms with Gasteiger partial charge in [-0.2, -0.15) is 0 Å². The quantitative estimate of drug-likeness (QED) is 0.663. The van der Waals surface area contributed by atoms with Crippen molar-refractivity contribution < 1.29 is 23.4 Å². The lowest BCUT2D eigenvalue weighted by Gasteiger charge is -2.05. The molecule has 1 aromatic rings. The third kappa shape index (κ3) is 4.81. The molecule has 0 atom stereocenters. The first-order valence-corrected chi connectivity index (χ1v) is 5.58. The van der Waals surface area contributed by atoms with Crippen molar-refractivity contribution in [2.75, 3.05) is 34.0 Å². The van der Waals surface area contributed by atoms with Crippen molar-refractivity contribution in [2.45, 2.75) is 6.42 Å². The Bertz CT molecular complexity index is 393. The number of rotatable bonds is 8. The summed E-state index contributed by atoms with van der Waals surface area (Å²) in [6, 6.07) is 4.46. The molecular weight excluding hydrogens is 239 g/mol. The molecule has 0 unspecified atom stereocenters. The third-order valence-electron chi connectivity index (χ3n) is 2.31. The highest BCUT2D eigenvalue weighted by Gasteiger charge is 2.07. The van der Waals surface area contributed by atoms with Gasteiger partial charge in [-0.3, -0.25) is 4.79 Å². The molecule has 0 amide bonds. The zero-order valence-corrected chi connectivity index (χ0v) is 10.6. The van der Waals surface area contributed by atoms with E-state index in [2.05, 4.69) is 0 Å². The fourth-order valence-corrected chi connectivity index (χ4v) is 1.43. The Balaban J connectivity index is 2.42. The standard InChI is InChI=1S/C13H17FO4/c1-16-5-6-18-9-11(15)7-10-3-4-13(17-2)12(14)8-10/h3-4,8H,5-7,9H2,1-2H3. The number of Topliss-reactive ketones (excluding diaryl/α,β-unsaturated/α-hetero) is 1. The van der Waals surface area contributed by atoms with E-state index in [0.717, 1.165) is 0 Å². The number of benzene rings is 1. The van der Waals surface area contributed by atoms with E-state index in [4.69, 9.17) is 14.2 Å². The topological polar surface area (TPSA) is 44.8 Å². The van der Waals surface area contributed by atoms with Crippen LogP contribution in [0.2, 0.25) is 0 Å². The van der Waals surface area contributed by atoms with Gasteiger partial charge in [-0.05, 0) is 17.7 Å². The summed E-state index contributed by atoms with van der Waals surface area (Å²) in [4.78, 5) is 11.5. The largest absolute Gasteiger partial charge is 0.494 e. The normalized spacial score (nSPS) is 10.4. The summed E-state index contributed by atoms with van der Waals surface area (Å²) in [6.07, 6.45) is 0.147. The predicted molar refractivity (Wildman–Crippen MR) is 64.4 cm³/mol. The second-order valence-electron chi connectivity index (χ2n) is 3.73. The maximum absolute atomic E-state index is 13.4. The van der Waals surface area contributed by atoms with E-state index in [1.165, 1.54) is 19.2 Å². The van der Waals surface area contributed by atoms with Crippen LogP contribution in [0.4, 0.5) is 4.39 Å². The van der Waals surface area contributed by atoms with Crippen molar-refractivity contribution in [3.8, 4) is 5.75 Å². The van der Waals surface area contributed by atoms with E-state index < -0.39 is 5.82 Å². The molecule has 18 heavy (non-hydrogen) atoms. The van der Waals surface area contributed by atoms with Crippen LogP contribution in [-0.2, 0) is 20.7 Å². The summed E-state index contributed by atoms with van der Waals surface area (Å²) in [7, 11) is 2.96. The second-order valence-corrected chi connectivity index (χ2v) is 3.73. The molecule has 0 spiro atoms. The molecule has 4 nitrogen and oxygen atoms in total. The molecule has 0 fully saturated rings. The average Bonchev–Trinajstić information content (AvgIpc) is 2.35. The number of hydrogen-bond acceptors (Lipinski definition) is 4. The molecule has 0 aliphatic heterocycles. The fraction of sp³-hybridized carbons (Fsp3) is 0.462. The van der Waals surface area contributed by atoms with E-state index in [0.29, 0.717) is 18.8 Å². The van der Waals surface area contributed by atoms with Crippen molar-refractivity contribution in [1.82, 2.24) is 0 Å². The molecule has 0 aromatic heterocycles. The summed E-state index contributed by atoms with van der Waals surface area (Å²) in [5, 5.41) is 0. The first kappa shape index (κ1) is 14.6. The molecule has 0 radical (unpaired) electrons. The van der Waals surface area contributed by atoms with Crippen molar-refractivity contribution in [3.63, 3.8) is 0 Å². The maximum Gasteiger partial charge on any atom is 0.165 e. The minimum atomic E-state index is -0.469. The lowest BCUT2D eigenvalue weighted by Crippen LogP contribution is -2.14. The Morgan fingerprint density at radius 1 is 1.28 bits per heavy atom. The SMILES string of the molecule is COCCOCC(=O)Cc1ccc(OC)c(F)c1. The highest BCUT2D eigenvalue weighted by atomic mass is 19.1. The van der Waals surface area contributed by atoms with Crippen molar-refractivity contribution in [2.24, 2.45) is 0 Å². The summed E-state index contributed by atoms with van der Waals surface area (Å²) in [6.45, 7) is 0.834. The lowest BCUT2D eigenvalue weighted by atomic mass is 10.1. The summed E-state index contributed by atoms with van der Waals surface area (Å²) >= 11 is 0.